The van der Waals surface area contributed by atoms with Gasteiger partial charge in [-0.1, -0.05) is 26.7 Å². The molecule has 11 heteroatoms. The first kappa shape index (κ1) is 27.1. The fourth-order valence-electron chi connectivity index (χ4n) is 2.23. The molecule has 0 aliphatic carbocycles. The Labute approximate surface area is 175 Å². The van der Waals surface area contributed by atoms with E-state index in [1.165, 1.54) is 0 Å². The van der Waals surface area contributed by atoms with Gasteiger partial charge in [0.15, 0.2) is 0 Å². The first-order valence-electron chi connectivity index (χ1n) is 10.0. The van der Waals surface area contributed by atoms with Gasteiger partial charge >= 0.3 is 29.9 Å². The molecule has 2 amide bonds. The number of aliphatic carboxylic acids is 2. The van der Waals surface area contributed by atoms with E-state index in [0.717, 1.165) is 12.8 Å². The van der Waals surface area contributed by atoms with E-state index in [0.29, 0.717) is 12.8 Å². The monoisotopic (exact) mass is 432 g/mol. The third-order valence-corrected chi connectivity index (χ3v) is 3.96. The molecule has 30 heavy (non-hydrogen) atoms. The lowest BCUT2D eigenvalue weighted by Gasteiger charge is -2.21. The minimum absolute atomic E-state index is 0.132. The molecule has 0 aromatic rings. The third-order valence-electron chi connectivity index (χ3n) is 3.96. The van der Waals surface area contributed by atoms with Crippen LogP contribution in [0, 0.1) is 0 Å². The zero-order valence-corrected chi connectivity index (χ0v) is 17.5. The second-order valence-corrected chi connectivity index (χ2v) is 6.63. The van der Waals surface area contributed by atoms with Gasteiger partial charge < -0.3 is 30.3 Å². The number of unbranched alkanes of at least 4 members (excludes halogenated alkanes) is 2. The van der Waals surface area contributed by atoms with Crippen molar-refractivity contribution in [3.05, 3.63) is 0 Å². The summed E-state index contributed by atoms with van der Waals surface area (Å²) in [4.78, 5) is 58.2. The number of carboxylic acids is 2. The quantitative estimate of drug-likeness (QED) is 0.208. The molecule has 0 aromatic heterocycles. The van der Waals surface area contributed by atoms with Crippen LogP contribution in [0.1, 0.15) is 65.2 Å². The first-order valence-corrected chi connectivity index (χ1v) is 10.0. The number of hydrogen-bond donors (Lipinski definition) is 4. The second kappa shape index (κ2) is 16.0. The molecule has 4 N–H and O–H groups in total. The average molecular weight is 432 g/mol. The van der Waals surface area contributed by atoms with Crippen molar-refractivity contribution < 1.29 is 43.7 Å². The van der Waals surface area contributed by atoms with E-state index in [-0.39, 0.29) is 38.9 Å². The molecule has 172 valence electrons. The Bertz CT molecular complexity index is 532. The summed E-state index contributed by atoms with van der Waals surface area (Å²) < 4.78 is 10.1. The molecular formula is C19H32N2O9. The lowest BCUT2D eigenvalue weighted by atomic mass is 10.1. The Morgan fingerprint density at radius 3 is 1.40 bits per heavy atom. The number of rotatable bonds is 16. The van der Waals surface area contributed by atoms with Crippen LogP contribution in [-0.2, 0) is 28.7 Å². The van der Waals surface area contributed by atoms with Crippen LogP contribution >= 0.6 is 0 Å². The van der Waals surface area contributed by atoms with Crippen LogP contribution in [0.15, 0.2) is 0 Å². The lowest BCUT2D eigenvalue weighted by molar-refractivity contribution is -0.147. The maximum atomic E-state index is 12.3. The van der Waals surface area contributed by atoms with Crippen molar-refractivity contribution in [2.75, 3.05) is 13.2 Å². The Morgan fingerprint density at radius 1 is 0.733 bits per heavy atom. The van der Waals surface area contributed by atoms with Gasteiger partial charge in [-0.3, -0.25) is 9.59 Å². The summed E-state index contributed by atoms with van der Waals surface area (Å²) in [5.74, 6) is -3.87. The topological polar surface area (TPSA) is 168 Å². The average Bonchev–Trinajstić information content (AvgIpc) is 2.68. The van der Waals surface area contributed by atoms with Crippen molar-refractivity contribution in [1.82, 2.24) is 10.6 Å². The van der Waals surface area contributed by atoms with E-state index in [2.05, 4.69) is 10.6 Å². The second-order valence-electron chi connectivity index (χ2n) is 6.63. The maximum Gasteiger partial charge on any atom is 0.328 e. The lowest BCUT2D eigenvalue weighted by Crippen LogP contribution is -2.52. The van der Waals surface area contributed by atoms with Gasteiger partial charge in [0.25, 0.3) is 0 Å². The molecule has 1 unspecified atom stereocenters. The van der Waals surface area contributed by atoms with Gasteiger partial charge in [0, 0.05) is 12.8 Å². The van der Waals surface area contributed by atoms with Crippen molar-refractivity contribution >= 4 is 29.9 Å². The highest BCUT2D eigenvalue weighted by molar-refractivity contribution is 5.87. The number of esters is 2. The highest BCUT2D eigenvalue weighted by atomic mass is 16.5. The molecule has 0 aliphatic rings. The minimum atomic E-state index is -1.23. The SMILES string of the molecule is CCCCOC(=O)C(CCC(=O)O)NC(=O)N[C@@H](CCC(=O)O)C(=O)OCCCC. The van der Waals surface area contributed by atoms with Crippen LogP contribution in [0.25, 0.3) is 0 Å². The Balaban J connectivity index is 5.00. The molecule has 0 saturated carbocycles. The number of carbonyl (C=O) groups excluding carboxylic acids is 3. The summed E-state index contributed by atoms with van der Waals surface area (Å²) in [6.45, 7) is 4.07. The van der Waals surface area contributed by atoms with E-state index >= 15 is 0 Å². The molecule has 0 aromatic carbocycles. The van der Waals surface area contributed by atoms with Crippen LogP contribution in [0.2, 0.25) is 0 Å². The number of carboxylic acid groups (broad SMARTS) is 2. The van der Waals surface area contributed by atoms with Crippen LogP contribution in [-0.4, -0.2) is 65.4 Å². The normalized spacial score (nSPS) is 12.3. The van der Waals surface area contributed by atoms with Crippen LogP contribution in [0.3, 0.4) is 0 Å². The maximum absolute atomic E-state index is 12.3. The predicted octanol–water partition coefficient (Wildman–Crippen LogP) is 1.44. The summed E-state index contributed by atoms with van der Waals surface area (Å²) in [6, 6.07) is -3.39. The van der Waals surface area contributed by atoms with Gasteiger partial charge in [-0.2, -0.15) is 0 Å². The van der Waals surface area contributed by atoms with E-state index in [9.17, 15) is 24.0 Å². The van der Waals surface area contributed by atoms with Gasteiger partial charge in [-0.15, -0.1) is 0 Å². The van der Waals surface area contributed by atoms with Crippen molar-refractivity contribution in [2.24, 2.45) is 0 Å². The van der Waals surface area contributed by atoms with Crippen molar-refractivity contribution in [3.8, 4) is 0 Å². The highest BCUT2D eigenvalue weighted by Crippen LogP contribution is 2.05. The zero-order chi connectivity index (χ0) is 22.9. The van der Waals surface area contributed by atoms with Gasteiger partial charge in [0.1, 0.15) is 12.1 Å². The van der Waals surface area contributed by atoms with Crippen molar-refractivity contribution in [2.45, 2.75) is 77.3 Å². The van der Waals surface area contributed by atoms with Crippen molar-refractivity contribution in [1.29, 1.82) is 0 Å². The Kier molecular flexibility index (Phi) is 14.5. The van der Waals surface area contributed by atoms with Crippen molar-refractivity contribution in [3.63, 3.8) is 0 Å². The molecule has 0 radical (unpaired) electrons. The molecule has 0 aliphatic heterocycles. The van der Waals surface area contributed by atoms with Gasteiger partial charge in [0.2, 0.25) is 0 Å². The molecule has 0 fully saturated rings. The molecule has 2 atom stereocenters. The molecule has 0 spiro atoms. The van der Waals surface area contributed by atoms with Gasteiger partial charge in [-0.05, 0) is 25.7 Å². The third kappa shape index (κ3) is 13.3. The summed E-state index contributed by atoms with van der Waals surface area (Å²) in [5.41, 5.74) is 0. The molecule has 0 bridgehead atoms. The standard InChI is InChI=1S/C19H32N2O9/c1-3-5-11-29-17(26)13(7-9-15(22)23)20-19(28)21-14(8-10-16(24)25)18(27)30-12-6-4-2/h13-14H,3-12H2,1-2H3,(H,22,23)(H,24,25)(H2,20,21,28)/t13-,14?/m0/s1. The van der Waals surface area contributed by atoms with Gasteiger partial charge in [0.05, 0.1) is 13.2 Å². The number of amides is 2. The van der Waals surface area contributed by atoms with Gasteiger partial charge in [-0.25, -0.2) is 14.4 Å². The molecule has 0 rings (SSSR count). The van der Waals surface area contributed by atoms with Crippen LogP contribution < -0.4 is 10.6 Å². The summed E-state index contributed by atoms with van der Waals surface area (Å²) in [7, 11) is 0. The zero-order valence-electron chi connectivity index (χ0n) is 17.5. The number of urea groups is 1. The molecule has 0 saturated heterocycles. The van der Waals surface area contributed by atoms with Crippen LogP contribution in [0.5, 0.6) is 0 Å². The van der Waals surface area contributed by atoms with Crippen LogP contribution in [0.4, 0.5) is 4.79 Å². The predicted molar refractivity (Wildman–Crippen MR) is 105 cm³/mol. The fraction of sp³-hybridized carbons (Fsp3) is 0.737. The number of nitrogens with one attached hydrogen (secondary N) is 2. The first-order chi connectivity index (χ1) is 14.2. The largest absolute Gasteiger partial charge is 0.481 e. The fourth-order valence-corrected chi connectivity index (χ4v) is 2.23. The highest BCUT2D eigenvalue weighted by Gasteiger charge is 2.27. The molecule has 11 nitrogen and oxygen atoms in total. The van der Waals surface area contributed by atoms with E-state index in [1.807, 2.05) is 13.8 Å². The molecular weight excluding hydrogens is 400 g/mol. The summed E-state index contributed by atoms with van der Waals surface area (Å²) in [5, 5.41) is 22.3. The number of carbonyl (C=O) groups is 5. The number of hydrogen-bond acceptors (Lipinski definition) is 7. The van der Waals surface area contributed by atoms with E-state index in [4.69, 9.17) is 19.7 Å². The minimum Gasteiger partial charge on any atom is -0.481 e. The van der Waals surface area contributed by atoms with E-state index < -0.39 is 42.0 Å². The number of ether oxygens (including phenoxy) is 2. The summed E-state index contributed by atoms with van der Waals surface area (Å²) >= 11 is 0. The summed E-state index contributed by atoms with van der Waals surface area (Å²) in [6.07, 6.45) is 1.64. The smallest absolute Gasteiger partial charge is 0.328 e. The van der Waals surface area contributed by atoms with E-state index in [1.54, 1.807) is 0 Å². The molecule has 0 heterocycles. The Morgan fingerprint density at radius 2 is 1.10 bits per heavy atom. The Hall–Kier alpha value is -2.85.